The molecule has 1 amide bonds. The summed E-state index contributed by atoms with van der Waals surface area (Å²) in [6.07, 6.45) is 3.83. The number of aliphatic hydroxyl groups excluding tert-OH is 1. The standard InChI is InChI=1S/C26H25FN6O3/c1-3-25(35)29-19-10-11-22(36-2)21(15-19)30-23-16-20(12-13-28-23)33-24(5-4-14-34)31-32-26(33)17-6-8-18(27)9-7-17/h3,6-13,15-16,34H,1,4-5,14H2,2H3,(H,28,30)(H,29,35). The first-order valence-corrected chi connectivity index (χ1v) is 11.2. The van der Waals surface area contributed by atoms with Gasteiger partial charge in [-0.3, -0.25) is 9.36 Å². The lowest BCUT2D eigenvalue weighted by Crippen LogP contribution is -2.08. The Morgan fingerprint density at radius 3 is 2.69 bits per heavy atom. The molecule has 2 aromatic carbocycles. The van der Waals surface area contributed by atoms with E-state index in [0.29, 0.717) is 53.0 Å². The molecule has 0 spiro atoms. The second kappa shape index (κ2) is 11.2. The van der Waals surface area contributed by atoms with E-state index < -0.39 is 0 Å². The maximum atomic E-state index is 13.5. The maximum Gasteiger partial charge on any atom is 0.247 e. The van der Waals surface area contributed by atoms with Crippen LogP contribution >= 0.6 is 0 Å². The molecule has 3 N–H and O–H groups in total. The Balaban J connectivity index is 1.72. The van der Waals surface area contributed by atoms with Crippen LogP contribution in [0.15, 0.2) is 73.4 Å². The minimum Gasteiger partial charge on any atom is -0.495 e. The molecule has 2 heterocycles. The molecule has 0 aliphatic heterocycles. The van der Waals surface area contributed by atoms with Crippen LogP contribution in [0.4, 0.5) is 21.6 Å². The van der Waals surface area contributed by atoms with Crippen LogP contribution in [-0.2, 0) is 11.2 Å². The van der Waals surface area contributed by atoms with Crippen molar-refractivity contribution < 1.29 is 19.0 Å². The van der Waals surface area contributed by atoms with E-state index in [1.54, 1.807) is 43.6 Å². The predicted octanol–water partition coefficient (Wildman–Crippen LogP) is 4.27. The number of hydrogen-bond acceptors (Lipinski definition) is 7. The highest BCUT2D eigenvalue weighted by molar-refractivity contribution is 5.99. The zero-order chi connectivity index (χ0) is 25.5. The summed E-state index contributed by atoms with van der Waals surface area (Å²) in [7, 11) is 1.55. The fourth-order valence-corrected chi connectivity index (χ4v) is 3.61. The SMILES string of the molecule is C=CC(=O)Nc1ccc(OC)c(Nc2cc(-n3c(CCCO)nnc3-c3ccc(F)cc3)ccn2)c1. The van der Waals surface area contributed by atoms with Crippen LogP contribution in [0.3, 0.4) is 0 Å². The van der Waals surface area contributed by atoms with Crippen molar-refractivity contribution in [3.05, 3.63) is 85.1 Å². The van der Waals surface area contributed by atoms with Gasteiger partial charge in [-0.05, 0) is 61.0 Å². The molecule has 0 unspecified atom stereocenters. The highest BCUT2D eigenvalue weighted by Gasteiger charge is 2.17. The summed E-state index contributed by atoms with van der Waals surface area (Å²) in [5, 5.41) is 23.9. The van der Waals surface area contributed by atoms with Gasteiger partial charge in [-0.1, -0.05) is 6.58 Å². The smallest absolute Gasteiger partial charge is 0.247 e. The molecule has 36 heavy (non-hydrogen) atoms. The Morgan fingerprint density at radius 1 is 1.17 bits per heavy atom. The van der Waals surface area contributed by atoms with Gasteiger partial charge in [-0.2, -0.15) is 0 Å². The number of anilines is 3. The topological polar surface area (TPSA) is 114 Å². The first kappa shape index (κ1) is 24.6. The number of benzene rings is 2. The number of rotatable bonds is 10. The Kier molecular flexibility index (Phi) is 7.66. The van der Waals surface area contributed by atoms with Gasteiger partial charge in [0.1, 0.15) is 23.2 Å². The largest absolute Gasteiger partial charge is 0.495 e. The minimum absolute atomic E-state index is 0.0143. The number of methoxy groups -OCH3 is 1. The third-order valence-corrected chi connectivity index (χ3v) is 5.31. The summed E-state index contributed by atoms with van der Waals surface area (Å²) in [5.41, 5.74) is 2.56. The number of aromatic nitrogens is 4. The molecule has 10 heteroatoms. The maximum absolute atomic E-state index is 13.5. The van der Waals surface area contributed by atoms with Crippen LogP contribution in [-0.4, -0.2) is 44.5 Å². The van der Waals surface area contributed by atoms with Crippen molar-refractivity contribution in [2.24, 2.45) is 0 Å². The van der Waals surface area contributed by atoms with Crippen LogP contribution in [0.2, 0.25) is 0 Å². The van der Waals surface area contributed by atoms with Gasteiger partial charge in [-0.15, -0.1) is 10.2 Å². The lowest BCUT2D eigenvalue weighted by molar-refractivity contribution is -0.111. The average molecular weight is 489 g/mol. The quantitative estimate of drug-likeness (QED) is 0.286. The molecule has 184 valence electrons. The van der Waals surface area contributed by atoms with Crippen molar-refractivity contribution in [1.29, 1.82) is 0 Å². The number of nitrogens with one attached hydrogen (secondary N) is 2. The number of hydrogen-bond donors (Lipinski definition) is 3. The van der Waals surface area contributed by atoms with Gasteiger partial charge in [0.05, 0.1) is 18.5 Å². The molecule has 0 aliphatic carbocycles. The fraction of sp³-hybridized carbons (Fsp3) is 0.154. The summed E-state index contributed by atoms with van der Waals surface area (Å²) in [5.74, 6) is 1.56. The number of amides is 1. The summed E-state index contributed by atoms with van der Waals surface area (Å²) < 4.78 is 20.8. The molecule has 4 rings (SSSR count). The number of aryl methyl sites for hydroxylation is 1. The van der Waals surface area contributed by atoms with E-state index in [0.717, 1.165) is 5.69 Å². The number of pyridine rings is 1. The van der Waals surface area contributed by atoms with E-state index in [9.17, 15) is 14.3 Å². The van der Waals surface area contributed by atoms with Gasteiger partial charge in [0.15, 0.2) is 5.82 Å². The molecule has 0 aliphatic rings. The third-order valence-electron chi connectivity index (χ3n) is 5.31. The number of nitrogens with zero attached hydrogens (tertiary/aromatic N) is 4. The van der Waals surface area contributed by atoms with Crippen molar-refractivity contribution in [2.45, 2.75) is 12.8 Å². The number of carbonyl (C=O) groups is 1. The van der Waals surface area contributed by atoms with Gasteiger partial charge in [0.25, 0.3) is 0 Å². The minimum atomic E-state index is -0.346. The molecule has 9 nitrogen and oxygen atoms in total. The van der Waals surface area contributed by atoms with Gasteiger partial charge >= 0.3 is 0 Å². The van der Waals surface area contributed by atoms with E-state index in [4.69, 9.17) is 4.74 Å². The first-order chi connectivity index (χ1) is 17.5. The van der Waals surface area contributed by atoms with Crippen molar-refractivity contribution in [1.82, 2.24) is 19.7 Å². The Bertz CT molecular complexity index is 1370. The molecule has 0 fully saturated rings. The molecule has 4 aromatic rings. The van der Waals surface area contributed by atoms with Crippen LogP contribution in [0.1, 0.15) is 12.2 Å². The number of halogens is 1. The van der Waals surface area contributed by atoms with E-state index in [2.05, 4.69) is 32.4 Å². The fourth-order valence-electron chi connectivity index (χ4n) is 3.61. The molecular formula is C26H25FN6O3. The normalized spacial score (nSPS) is 10.6. The van der Waals surface area contributed by atoms with Crippen LogP contribution < -0.4 is 15.4 Å². The highest BCUT2D eigenvalue weighted by Crippen LogP contribution is 2.31. The third kappa shape index (κ3) is 5.56. The van der Waals surface area contributed by atoms with Gasteiger partial charge in [-0.25, -0.2) is 9.37 Å². The summed E-state index contributed by atoms with van der Waals surface area (Å²) in [6.45, 7) is 3.48. The highest BCUT2D eigenvalue weighted by atomic mass is 19.1. The lowest BCUT2D eigenvalue weighted by Gasteiger charge is -2.15. The molecule has 0 saturated carbocycles. The molecule has 0 radical (unpaired) electrons. The van der Waals surface area contributed by atoms with Crippen molar-refractivity contribution in [3.8, 4) is 22.8 Å². The molecule has 0 saturated heterocycles. The summed E-state index contributed by atoms with van der Waals surface area (Å²) >= 11 is 0. The number of carbonyl (C=O) groups excluding carboxylic acids is 1. The number of ether oxygens (including phenoxy) is 1. The second-order valence-electron chi connectivity index (χ2n) is 7.74. The Hall–Kier alpha value is -4.57. The Labute approximate surface area is 207 Å². The molecular weight excluding hydrogens is 463 g/mol. The monoisotopic (exact) mass is 488 g/mol. The van der Waals surface area contributed by atoms with E-state index in [1.165, 1.54) is 18.2 Å². The zero-order valence-electron chi connectivity index (χ0n) is 19.6. The van der Waals surface area contributed by atoms with E-state index >= 15 is 0 Å². The van der Waals surface area contributed by atoms with E-state index in [-0.39, 0.29) is 18.3 Å². The van der Waals surface area contributed by atoms with Crippen molar-refractivity contribution in [2.75, 3.05) is 24.4 Å². The van der Waals surface area contributed by atoms with Gasteiger partial charge in [0.2, 0.25) is 5.91 Å². The van der Waals surface area contributed by atoms with Crippen LogP contribution in [0.25, 0.3) is 17.1 Å². The van der Waals surface area contributed by atoms with Crippen molar-refractivity contribution in [3.63, 3.8) is 0 Å². The Morgan fingerprint density at radius 2 is 1.97 bits per heavy atom. The van der Waals surface area contributed by atoms with Crippen LogP contribution in [0.5, 0.6) is 5.75 Å². The van der Waals surface area contributed by atoms with Crippen molar-refractivity contribution >= 4 is 23.1 Å². The first-order valence-electron chi connectivity index (χ1n) is 11.2. The second-order valence-corrected chi connectivity index (χ2v) is 7.74. The van der Waals surface area contributed by atoms with Gasteiger partial charge in [0, 0.05) is 36.5 Å². The van der Waals surface area contributed by atoms with E-state index in [1.807, 2.05) is 16.7 Å². The molecule has 2 aromatic heterocycles. The predicted molar refractivity (Wildman–Crippen MR) is 135 cm³/mol. The van der Waals surface area contributed by atoms with Crippen LogP contribution in [0, 0.1) is 5.82 Å². The molecule has 0 atom stereocenters. The molecule has 0 bridgehead atoms. The summed E-state index contributed by atoms with van der Waals surface area (Å²) in [4.78, 5) is 16.1. The summed E-state index contributed by atoms with van der Waals surface area (Å²) in [6, 6.07) is 14.8. The number of aliphatic hydroxyl groups is 1. The lowest BCUT2D eigenvalue weighted by atomic mass is 10.2. The zero-order valence-corrected chi connectivity index (χ0v) is 19.6. The average Bonchev–Trinajstić information content (AvgIpc) is 3.32. The van der Waals surface area contributed by atoms with Gasteiger partial charge < -0.3 is 20.5 Å².